The minimum atomic E-state index is -0.159. The maximum absolute atomic E-state index is 6.30. The van der Waals surface area contributed by atoms with E-state index in [-0.39, 0.29) is 5.41 Å². The van der Waals surface area contributed by atoms with Gasteiger partial charge >= 0.3 is 0 Å². The highest BCUT2D eigenvalue weighted by Crippen LogP contribution is 2.65. The lowest BCUT2D eigenvalue weighted by Crippen LogP contribution is -2.44. The molecule has 2 bridgehead atoms. The maximum atomic E-state index is 6.30. The molecular weight excluding hydrogens is 438 g/mol. The topological polar surface area (TPSA) is 25.2 Å². The molecule has 170 valence electrons. The molecule has 0 radical (unpaired) electrons. The van der Waals surface area contributed by atoms with Gasteiger partial charge in [-0.05, 0) is 70.0 Å². The minimum Gasteiger partial charge on any atom is -0.456 e. The van der Waals surface area contributed by atoms with E-state index in [0.717, 1.165) is 24.0 Å². The van der Waals surface area contributed by atoms with E-state index in [1.807, 2.05) is 6.07 Å². The van der Waals surface area contributed by atoms with Crippen LogP contribution in [-0.2, 0) is 5.41 Å². The predicted octanol–water partition coefficient (Wildman–Crippen LogP) is 8.88. The highest BCUT2D eigenvalue weighted by Gasteiger charge is 2.53. The Morgan fingerprint density at radius 1 is 0.694 bits per heavy atom. The zero-order valence-corrected chi connectivity index (χ0v) is 19.7. The van der Waals surface area contributed by atoms with Crippen LogP contribution in [0.5, 0.6) is 0 Å². The van der Waals surface area contributed by atoms with Gasteiger partial charge in [0, 0.05) is 39.5 Å². The molecule has 1 spiro atoms. The number of furan rings is 1. The van der Waals surface area contributed by atoms with Crippen LogP contribution in [-0.4, -0.2) is 0 Å². The van der Waals surface area contributed by atoms with Crippen LogP contribution < -0.4 is 5.32 Å². The van der Waals surface area contributed by atoms with E-state index in [4.69, 9.17) is 4.42 Å². The number of hydrogen-bond donors (Lipinski definition) is 1. The zero-order valence-electron chi connectivity index (χ0n) is 19.7. The fourth-order valence-electron chi connectivity index (χ4n) is 7.60. The van der Waals surface area contributed by atoms with E-state index in [1.54, 1.807) is 0 Å². The van der Waals surface area contributed by atoms with Crippen LogP contribution in [0.1, 0.15) is 46.6 Å². The van der Waals surface area contributed by atoms with Gasteiger partial charge in [0.05, 0.1) is 0 Å². The molecule has 0 fully saturated rings. The molecule has 2 atom stereocenters. The molecule has 36 heavy (non-hydrogen) atoms. The molecular formula is C34H23NO. The van der Waals surface area contributed by atoms with Crippen LogP contribution in [0, 0.1) is 0 Å². The van der Waals surface area contributed by atoms with Gasteiger partial charge in [-0.25, -0.2) is 0 Å². The molecule has 2 heteroatoms. The first-order valence-electron chi connectivity index (χ1n) is 12.9. The third-order valence-electron chi connectivity index (χ3n) is 8.96. The van der Waals surface area contributed by atoms with Crippen LogP contribution in [0.3, 0.4) is 0 Å². The monoisotopic (exact) mass is 461 g/mol. The molecule has 0 saturated heterocycles. The Labute approximate surface area is 209 Å². The SMILES string of the molecule is c1ccc(-c2ccc3c4c2C2CCC4(c4cc5c(cc4N3)oc3ccccc35)c3ccccc32)cc1. The minimum absolute atomic E-state index is 0.159. The normalized spacial score (nSPS) is 20.6. The Balaban J connectivity index is 1.43. The van der Waals surface area contributed by atoms with Gasteiger partial charge in [-0.3, -0.25) is 0 Å². The largest absolute Gasteiger partial charge is 0.456 e. The van der Waals surface area contributed by atoms with Crippen LogP contribution in [0.4, 0.5) is 11.4 Å². The van der Waals surface area contributed by atoms with Crippen LogP contribution >= 0.6 is 0 Å². The van der Waals surface area contributed by atoms with E-state index >= 15 is 0 Å². The van der Waals surface area contributed by atoms with E-state index in [1.165, 1.54) is 61.1 Å². The fourth-order valence-corrected chi connectivity index (χ4v) is 7.60. The van der Waals surface area contributed by atoms with Crippen molar-refractivity contribution in [3.63, 3.8) is 0 Å². The number of rotatable bonds is 1. The Morgan fingerprint density at radius 2 is 1.53 bits per heavy atom. The Bertz CT molecular complexity index is 1880. The predicted molar refractivity (Wildman–Crippen MR) is 146 cm³/mol. The number of hydrogen-bond acceptors (Lipinski definition) is 2. The fraction of sp³-hybridized carbons (Fsp3) is 0.118. The standard InChI is InChI=1S/C34H23NO/c1-2-8-20(9-3-1)21-14-15-28-33-32(21)24-16-17-34(33,26-12-6-4-10-22(24)26)27-18-25-23-11-5-7-13-30(23)36-31(25)19-29(27)35-28/h1-15,18-19,24,35H,16-17H2. The summed E-state index contributed by atoms with van der Waals surface area (Å²) in [5.41, 5.74) is 14.2. The Hall–Kier alpha value is -4.30. The average Bonchev–Trinajstić information content (AvgIpc) is 3.31. The summed E-state index contributed by atoms with van der Waals surface area (Å²) in [5, 5.41) is 6.24. The third kappa shape index (κ3) is 2.15. The van der Waals surface area contributed by atoms with Gasteiger partial charge in [-0.15, -0.1) is 0 Å². The van der Waals surface area contributed by atoms with Gasteiger partial charge in [0.2, 0.25) is 0 Å². The van der Waals surface area contributed by atoms with E-state index in [0.29, 0.717) is 5.92 Å². The van der Waals surface area contributed by atoms with Crippen LogP contribution in [0.2, 0.25) is 0 Å². The first kappa shape index (κ1) is 19.0. The van der Waals surface area contributed by atoms with E-state index in [2.05, 4.69) is 102 Å². The number of benzene rings is 5. The average molecular weight is 462 g/mol. The van der Waals surface area contributed by atoms with Crippen molar-refractivity contribution in [1.82, 2.24) is 0 Å². The van der Waals surface area contributed by atoms with Crippen molar-refractivity contribution in [2.75, 3.05) is 5.32 Å². The molecule has 1 aromatic heterocycles. The van der Waals surface area contributed by atoms with Gasteiger partial charge in [0.15, 0.2) is 0 Å². The van der Waals surface area contributed by atoms with Gasteiger partial charge in [0.1, 0.15) is 11.2 Å². The second kappa shape index (κ2) is 6.47. The highest BCUT2D eigenvalue weighted by atomic mass is 16.3. The van der Waals surface area contributed by atoms with Crippen LogP contribution in [0.15, 0.2) is 108 Å². The van der Waals surface area contributed by atoms with Gasteiger partial charge < -0.3 is 9.73 Å². The molecule has 2 unspecified atom stereocenters. The van der Waals surface area contributed by atoms with Crippen molar-refractivity contribution in [1.29, 1.82) is 0 Å². The van der Waals surface area contributed by atoms with Crippen LogP contribution in [0.25, 0.3) is 33.1 Å². The molecule has 2 nitrogen and oxygen atoms in total. The smallest absolute Gasteiger partial charge is 0.137 e. The Kier molecular flexibility index (Phi) is 3.41. The second-order valence-electron chi connectivity index (χ2n) is 10.5. The number of fused-ring (bicyclic) bond motifs is 5. The van der Waals surface area contributed by atoms with E-state index < -0.39 is 0 Å². The lowest BCUT2D eigenvalue weighted by molar-refractivity contribution is 0.428. The zero-order chi connectivity index (χ0) is 23.4. The molecule has 1 aliphatic heterocycles. The van der Waals surface area contributed by atoms with Crippen molar-refractivity contribution in [2.45, 2.75) is 24.2 Å². The summed E-state index contributed by atoms with van der Waals surface area (Å²) < 4.78 is 6.30. The molecule has 3 aliphatic carbocycles. The molecule has 0 saturated carbocycles. The quantitative estimate of drug-likeness (QED) is 0.264. The maximum Gasteiger partial charge on any atom is 0.137 e. The second-order valence-corrected chi connectivity index (χ2v) is 10.5. The van der Waals surface area contributed by atoms with Crippen molar-refractivity contribution in [3.8, 4) is 11.1 Å². The molecule has 5 aromatic carbocycles. The summed E-state index contributed by atoms with van der Waals surface area (Å²) in [6, 6.07) is 37.8. The van der Waals surface area contributed by atoms with Crippen molar-refractivity contribution in [3.05, 3.63) is 131 Å². The lowest BCUT2D eigenvalue weighted by atomic mass is 9.51. The summed E-state index contributed by atoms with van der Waals surface area (Å²) in [6.45, 7) is 0. The number of nitrogens with one attached hydrogen (secondary N) is 1. The summed E-state index contributed by atoms with van der Waals surface area (Å²) >= 11 is 0. The molecule has 4 aliphatic rings. The summed E-state index contributed by atoms with van der Waals surface area (Å²) in [4.78, 5) is 0. The van der Waals surface area contributed by atoms with E-state index in [9.17, 15) is 0 Å². The summed E-state index contributed by atoms with van der Waals surface area (Å²) in [5.74, 6) is 0.426. The first-order valence-corrected chi connectivity index (χ1v) is 12.9. The molecule has 1 N–H and O–H groups in total. The summed E-state index contributed by atoms with van der Waals surface area (Å²) in [7, 11) is 0. The van der Waals surface area contributed by atoms with Gasteiger partial charge in [0.25, 0.3) is 0 Å². The molecule has 0 amide bonds. The molecule has 2 heterocycles. The van der Waals surface area contributed by atoms with Crippen molar-refractivity contribution < 1.29 is 4.42 Å². The van der Waals surface area contributed by atoms with Gasteiger partial charge in [-0.1, -0.05) is 78.9 Å². The summed E-state index contributed by atoms with van der Waals surface area (Å²) in [6.07, 6.45) is 2.29. The lowest BCUT2D eigenvalue weighted by Gasteiger charge is -2.53. The number of para-hydroxylation sites is 1. The van der Waals surface area contributed by atoms with Crippen molar-refractivity contribution >= 4 is 33.3 Å². The highest BCUT2D eigenvalue weighted by molar-refractivity contribution is 6.07. The third-order valence-corrected chi connectivity index (χ3v) is 8.96. The first-order chi connectivity index (χ1) is 17.8. The van der Waals surface area contributed by atoms with Crippen molar-refractivity contribution in [2.24, 2.45) is 0 Å². The number of anilines is 2. The van der Waals surface area contributed by atoms with Gasteiger partial charge in [-0.2, -0.15) is 0 Å². The Morgan fingerprint density at radius 3 is 2.47 bits per heavy atom. The molecule has 10 rings (SSSR count). The molecule has 6 aromatic rings.